The molecule has 1 nitrogen and oxygen atoms in total. The molecule has 0 spiro atoms. The molecular weight excluding hydrogens is 235 g/mol. The van der Waals surface area contributed by atoms with Crippen LogP contribution < -0.4 is 0 Å². The average molecular weight is 258 g/mol. The maximum Gasteiger partial charge on any atom is 0 e. The van der Waals surface area contributed by atoms with E-state index < -0.39 is 0 Å². The van der Waals surface area contributed by atoms with Crippen molar-refractivity contribution in [3.05, 3.63) is 14.0 Å². The second-order valence-electron chi connectivity index (χ2n) is 5.52. The summed E-state index contributed by atoms with van der Waals surface area (Å²) >= 11 is 0. The largest absolute Gasteiger partial charge is 0.477 e. The van der Waals surface area contributed by atoms with Crippen LogP contribution in [0.25, 0.3) is 0 Å². The Morgan fingerprint density at radius 2 is 1.31 bits per heavy atom. The van der Waals surface area contributed by atoms with E-state index in [-0.39, 0.29) is 49.7 Å². The van der Waals surface area contributed by atoms with E-state index in [1.165, 1.54) is 0 Å². The monoisotopic (exact) mass is 258 g/mol. The molecule has 1 atom stereocenters. The quantitative estimate of drug-likeness (QED) is 0.653. The van der Waals surface area contributed by atoms with E-state index in [0.717, 1.165) is 0 Å². The van der Waals surface area contributed by atoms with Crippen LogP contribution in [0.2, 0.25) is 0 Å². The molecule has 0 aliphatic carbocycles. The third kappa shape index (κ3) is 5.49. The summed E-state index contributed by atoms with van der Waals surface area (Å²) in [5.41, 5.74) is 0.286. The van der Waals surface area contributed by atoms with Crippen LogP contribution in [0.15, 0.2) is 0 Å². The molecule has 1 radical (unpaired) electrons. The Bertz CT molecular complexity index is 123. The van der Waals surface area contributed by atoms with E-state index in [1.807, 2.05) is 0 Å². The van der Waals surface area contributed by atoms with Crippen molar-refractivity contribution in [3.8, 4) is 0 Å². The zero-order valence-corrected chi connectivity index (χ0v) is 12.9. The van der Waals surface area contributed by atoms with E-state index in [2.05, 4.69) is 60.4 Å². The summed E-state index contributed by atoms with van der Waals surface area (Å²) in [6.07, 6.45) is 0. The summed E-state index contributed by atoms with van der Waals surface area (Å²) in [6.45, 7) is 17.2. The Hall–Kier alpha value is 1.06. The third-order valence-electron chi connectivity index (χ3n) is 2.24. The molecule has 13 heavy (non-hydrogen) atoms. The van der Waals surface area contributed by atoms with E-state index in [9.17, 15) is 0 Å². The zero-order chi connectivity index (χ0) is 10.2. The maximum absolute atomic E-state index is 4.14. The van der Waals surface area contributed by atoms with Gasteiger partial charge in [-0.3, -0.25) is 7.05 Å². The maximum atomic E-state index is 4.14. The summed E-state index contributed by atoms with van der Waals surface area (Å²) < 4.78 is 0. The number of rotatable bonds is 1. The number of hydrogen-bond donors (Lipinski definition) is 0. The van der Waals surface area contributed by atoms with Crippen molar-refractivity contribution in [1.82, 2.24) is 4.90 Å². The first-order valence-electron chi connectivity index (χ1n) is 4.49. The Labute approximate surface area is 110 Å². The van der Waals surface area contributed by atoms with Crippen LogP contribution in [0.3, 0.4) is 0 Å². The van der Waals surface area contributed by atoms with Crippen molar-refractivity contribution in [2.75, 3.05) is 0 Å². The number of nitrogens with zero attached hydrogens (tertiary/aromatic N) is 1. The minimum atomic E-state index is 0. The molecule has 0 N–H and O–H groups in total. The Morgan fingerprint density at radius 3 is 1.38 bits per heavy atom. The Morgan fingerprint density at radius 1 is 1.00 bits per heavy atom. The van der Waals surface area contributed by atoms with Gasteiger partial charge in [-0.1, -0.05) is 26.2 Å². The zero-order valence-electron chi connectivity index (χ0n) is 10.0. The van der Waals surface area contributed by atoms with Crippen molar-refractivity contribution in [2.24, 2.45) is 5.41 Å². The van der Waals surface area contributed by atoms with E-state index in [0.29, 0.717) is 0 Å². The molecule has 0 aliphatic heterocycles. The average Bonchev–Trinajstić information content (AvgIpc) is 1.80. The van der Waals surface area contributed by atoms with Crippen LogP contribution in [-0.2, 0) is 32.7 Å². The molecule has 1 unspecified atom stereocenters. The fourth-order valence-corrected chi connectivity index (χ4v) is 0.935. The van der Waals surface area contributed by atoms with Gasteiger partial charge in [-0.05, 0) is 26.3 Å². The molecule has 0 saturated carbocycles. The van der Waals surface area contributed by atoms with E-state index in [1.54, 1.807) is 0 Å². The van der Waals surface area contributed by atoms with Gasteiger partial charge in [-0.15, -0.1) is 6.04 Å². The first-order valence-corrected chi connectivity index (χ1v) is 4.49. The second kappa shape index (κ2) is 5.23. The Balaban J connectivity index is 0. The summed E-state index contributed by atoms with van der Waals surface area (Å²) in [5.74, 6) is 0. The fourth-order valence-electron chi connectivity index (χ4n) is 0.935. The van der Waals surface area contributed by atoms with Crippen molar-refractivity contribution in [1.29, 1.82) is 0 Å². The molecular formula is C11H23NY-2. The van der Waals surface area contributed by atoms with Gasteiger partial charge in [0.1, 0.15) is 0 Å². The topological polar surface area (TPSA) is 3.24 Å². The van der Waals surface area contributed by atoms with Gasteiger partial charge in [0.2, 0.25) is 0 Å². The molecule has 0 aromatic carbocycles. The summed E-state index contributed by atoms with van der Waals surface area (Å²) in [4.78, 5) is 2.08. The van der Waals surface area contributed by atoms with Crippen LogP contribution in [-0.4, -0.2) is 16.5 Å². The van der Waals surface area contributed by atoms with Gasteiger partial charge < -0.3 is 11.8 Å². The van der Waals surface area contributed by atoms with Crippen LogP contribution in [0.5, 0.6) is 0 Å². The number of hydrogen-bond acceptors (Lipinski definition) is 1. The molecule has 0 rings (SSSR count). The van der Waals surface area contributed by atoms with Gasteiger partial charge in [0.25, 0.3) is 0 Å². The molecule has 0 saturated heterocycles. The van der Waals surface area contributed by atoms with Gasteiger partial charge in [0.15, 0.2) is 0 Å². The van der Waals surface area contributed by atoms with Crippen molar-refractivity contribution in [2.45, 2.75) is 53.1 Å². The molecule has 0 aromatic heterocycles. The van der Waals surface area contributed by atoms with Gasteiger partial charge in [-0.2, -0.15) is 0 Å². The summed E-state index contributed by atoms with van der Waals surface area (Å²) in [7, 11) is 4.05. The molecule has 0 fully saturated rings. The van der Waals surface area contributed by atoms with Crippen molar-refractivity contribution < 1.29 is 32.7 Å². The van der Waals surface area contributed by atoms with Crippen LogP contribution in [0.4, 0.5) is 0 Å². The summed E-state index contributed by atoms with van der Waals surface area (Å²) in [6, 6.07) is 0.248. The van der Waals surface area contributed by atoms with E-state index in [4.69, 9.17) is 0 Å². The van der Waals surface area contributed by atoms with Crippen molar-refractivity contribution in [3.63, 3.8) is 0 Å². The smallest absolute Gasteiger partial charge is 0 e. The second-order valence-corrected chi connectivity index (χ2v) is 5.52. The van der Waals surface area contributed by atoms with Gasteiger partial charge in [0.05, 0.1) is 0 Å². The molecule has 77 valence electrons. The molecule has 0 heterocycles. The van der Waals surface area contributed by atoms with Crippen LogP contribution in [0.1, 0.15) is 41.5 Å². The minimum Gasteiger partial charge on any atom is -0.477 e. The predicted molar refractivity (Wildman–Crippen MR) is 55.5 cm³/mol. The van der Waals surface area contributed by atoms with Crippen molar-refractivity contribution >= 4 is 0 Å². The Kier molecular flexibility index (Phi) is 6.64. The first-order chi connectivity index (χ1) is 5.07. The van der Waals surface area contributed by atoms with Crippen LogP contribution in [0, 0.1) is 19.4 Å². The van der Waals surface area contributed by atoms with Crippen LogP contribution >= 0.6 is 0 Å². The molecule has 0 aromatic rings. The fraction of sp³-hybridized carbons (Fsp3) is 0.818. The molecule has 0 aliphatic rings. The third-order valence-corrected chi connectivity index (χ3v) is 2.24. The molecule has 0 bridgehead atoms. The standard InChI is InChI=1S/C11H23N.Y/c1-9(10(2,3)4)12(8)11(5,6)7;/h9H,1,8H2,2-7H3;/q-2;. The summed E-state index contributed by atoms with van der Waals surface area (Å²) in [5, 5.41) is 0. The van der Waals surface area contributed by atoms with Gasteiger partial charge in [-0.25, -0.2) is 0 Å². The minimum absolute atomic E-state index is 0. The predicted octanol–water partition coefficient (Wildman–Crippen LogP) is 3.12. The SMILES string of the molecule is [CH2-]C(N([CH2-])C(C)(C)C)C(C)(C)C.[Y]. The first kappa shape index (κ1) is 16.5. The molecule has 0 amide bonds. The van der Waals surface area contributed by atoms with E-state index >= 15 is 0 Å². The van der Waals surface area contributed by atoms with Gasteiger partial charge in [0, 0.05) is 32.7 Å². The molecule has 2 heteroatoms. The normalized spacial score (nSPS) is 15.5. The van der Waals surface area contributed by atoms with Gasteiger partial charge >= 0.3 is 0 Å².